The lowest BCUT2D eigenvalue weighted by molar-refractivity contribution is -0.133. The van der Waals surface area contributed by atoms with Crippen molar-refractivity contribution >= 4 is 21.5 Å². The van der Waals surface area contributed by atoms with Crippen LogP contribution in [0.25, 0.3) is 5.78 Å². The van der Waals surface area contributed by atoms with Gasteiger partial charge < -0.3 is 4.90 Å². The first kappa shape index (κ1) is 19.5. The summed E-state index contributed by atoms with van der Waals surface area (Å²) < 4.78 is 26.3. The van der Waals surface area contributed by atoms with E-state index in [2.05, 4.69) is 15.1 Å². The van der Waals surface area contributed by atoms with Gasteiger partial charge in [-0.15, -0.1) is 0 Å². The molecule has 152 valence electrons. The zero-order valence-electron chi connectivity index (χ0n) is 16.4. The molecule has 29 heavy (non-hydrogen) atoms. The van der Waals surface area contributed by atoms with E-state index in [4.69, 9.17) is 0 Å². The van der Waals surface area contributed by atoms with Gasteiger partial charge >= 0.3 is 0 Å². The lowest BCUT2D eigenvalue weighted by Gasteiger charge is -2.35. The minimum Gasteiger partial charge on any atom is -0.342 e. The minimum absolute atomic E-state index is 0.0469. The number of rotatable bonds is 4. The van der Waals surface area contributed by atoms with Gasteiger partial charge in [0, 0.05) is 25.3 Å². The second-order valence-corrected chi connectivity index (χ2v) is 9.49. The molecule has 0 saturated carbocycles. The number of likely N-dealkylation sites (tertiary alicyclic amines) is 1. The number of fused-ring (bicyclic) bond motifs is 1. The first-order valence-corrected chi connectivity index (χ1v) is 11.5. The molecule has 0 aliphatic carbocycles. The smallest absolute Gasteiger partial charge is 0.252 e. The maximum atomic E-state index is 13.1. The van der Waals surface area contributed by atoms with E-state index in [0.717, 1.165) is 18.4 Å². The Bertz CT molecular complexity index is 1140. The summed E-state index contributed by atoms with van der Waals surface area (Å²) in [5.74, 6) is -0.0139. The molecule has 0 radical (unpaired) electrons. The Labute approximate surface area is 169 Å². The fourth-order valence-electron chi connectivity index (χ4n) is 4.00. The molecule has 0 bridgehead atoms. The zero-order chi connectivity index (χ0) is 20.6. The van der Waals surface area contributed by atoms with Gasteiger partial charge in [-0.1, -0.05) is 30.3 Å². The summed E-state index contributed by atoms with van der Waals surface area (Å²) >= 11 is 0. The van der Waals surface area contributed by atoms with Gasteiger partial charge in [-0.05, 0) is 25.3 Å². The average Bonchev–Trinajstić information content (AvgIpc) is 3.21. The highest BCUT2D eigenvalue weighted by molar-refractivity contribution is 7.90. The van der Waals surface area contributed by atoms with Crippen LogP contribution in [0, 0.1) is 0 Å². The van der Waals surface area contributed by atoms with Crippen molar-refractivity contribution in [3.63, 3.8) is 0 Å². The van der Waals surface area contributed by atoms with Crippen molar-refractivity contribution in [2.45, 2.75) is 36.5 Å². The number of hydrogen-bond donors (Lipinski definition) is 0. The maximum Gasteiger partial charge on any atom is 0.252 e. The molecule has 8 nitrogen and oxygen atoms in total. The van der Waals surface area contributed by atoms with Gasteiger partial charge in [-0.2, -0.15) is 14.6 Å². The van der Waals surface area contributed by atoms with Crippen LogP contribution in [-0.2, 0) is 14.6 Å². The first-order valence-electron chi connectivity index (χ1n) is 9.58. The van der Waals surface area contributed by atoms with Crippen molar-refractivity contribution < 1.29 is 13.2 Å². The Hall–Kier alpha value is -2.81. The van der Waals surface area contributed by atoms with Crippen LogP contribution < -0.4 is 0 Å². The van der Waals surface area contributed by atoms with Gasteiger partial charge in [0.05, 0.1) is 17.8 Å². The number of sulfone groups is 1. The topological polar surface area (TPSA) is 97.5 Å². The first-order chi connectivity index (χ1) is 13.9. The SMILES string of the molecule is C[C@H](C(=O)N1CCC[C@@H](c2c(S(C)(=O)=O)cnc3ncnn23)C1)c1ccccc1. The largest absolute Gasteiger partial charge is 0.342 e. The molecule has 1 aliphatic rings. The minimum atomic E-state index is -3.50. The molecule has 2 atom stereocenters. The summed E-state index contributed by atoms with van der Waals surface area (Å²) in [5, 5.41) is 4.20. The third-order valence-electron chi connectivity index (χ3n) is 5.50. The van der Waals surface area contributed by atoms with Crippen LogP contribution in [0.5, 0.6) is 0 Å². The quantitative estimate of drug-likeness (QED) is 0.649. The lowest BCUT2D eigenvalue weighted by atomic mass is 9.92. The number of amides is 1. The lowest BCUT2D eigenvalue weighted by Crippen LogP contribution is -2.41. The fraction of sp³-hybridized carbons (Fsp3) is 0.400. The van der Waals surface area contributed by atoms with Gasteiger partial charge in [0.25, 0.3) is 5.78 Å². The van der Waals surface area contributed by atoms with Gasteiger partial charge in [0.1, 0.15) is 11.2 Å². The summed E-state index contributed by atoms with van der Waals surface area (Å²) in [7, 11) is -3.50. The van der Waals surface area contributed by atoms with Crippen LogP contribution in [0.15, 0.2) is 47.8 Å². The zero-order valence-corrected chi connectivity index (χ0v) is 17.2. The van der Waals surface area contributed by atoms with Crippen molar-refractivity contribution in [1.29, 1.82) is 0 Å². The molecule has 1 aliphatic heterocycles. The van der Waals surface area contributed by atoms with Gasteiger partial charge in [-0.3, -0.25) is 4.79 Å². The molecular weight excluding hydrogens is 390 g/mol. The fourth-order valence-corrected chi connectivity index (χ4v) is 4.88. The highest BCUT2D eigenvalue weighted by atomic mass is 32.2. The van der Waals surface area contributed by atoms with Crippen LogP contribution >= 0.6 is 0 Å². The molecule has 1 fully saturated rings. The van der Waals surface area contributed by atoms with Crippen LogP contribution in [0.1, 0.15) is 42.9 Å². The molecule has 1 amide bonds. The molecular formula is C20H23N5O3S. The number of carbonyl (C=O) groups is 1. The molecule has 2 aromatic heterocycles. The number of nitrogens with zero attached hydrogens (tertiary/aromatic N) is 5. The van der Waals surface area contributed by atoms with E-state index in [-0.39, 0.29) is 22.6 Å². The standard InChI is InChI=1S/C20H23N5O3S/c1-14(15-7-4-3-5-8-15)19(26)24-10-6-9-16(12-24)18-17(29(2,27)28)11-21-20-22-13-23-25(18)20/h3-5,7-8,11,13-14,16H,6,9-10,12H2,1-2H3/t14-,16+/m0/s1. The third kappa shape index (κ3) is 3.74. The average molecular weight is 414 g/mol. The summed E-state index contributed by atoms with van der Waals surface area (Å²) in [6.07, 6.45) is 5.44. The van der Waals surface area contributed by atoms with E-state index in [9.17, 15) is 13.2 Å². The van der Waals surface area contributed by atoms with E-state index in [1.807, 2.05) is 42.2 Å². The molecule has 0 unspecified atom stereocenters. The van der Waals surface area contributed by atoms with Crippen LogP contribution in [0.4, 0.5) is 0 Å². The predicted molar refractivity (Wildman–Crippen MR) is 107 cm³/mol. The number of carbonyl (C=O) groups excluding carboxylic acids is 1. The van der Waals surface area contributed by atoms with E-state index >= 15 is 0 Å². The normalized spacial score (nSPS) is 18.7. The highest BCUT2D eigenvalue weighted by Gasteiger charge is 2.32. The summed E-state index contributed by atoms with van der Waals surface area (Å²) in [6, 6.07) is 9.68. The van der Waals surface area contributed by atoms with Gasteiger partial charge in [-0.25, -0.2) is 13.4 Å². The Morgan fingerprint density at radius 2 is 1.97 bits per heavy atom. The van der Waals surface area contributed by atoms with E-state index in [1.54, 1.807) is 0 Å². The molecule has 9 heteroatoms. The Kier molecular flexibility index (Phi) is 5.08. The number of aromatic nitrogens is 4. The summed E-state index contributed by atoms with van der Waals surface area (Å²) in [5.41, 5.74) is 1.53. The predicted octanol–water partition coefficient (Wildman–Crippen LogP) is 2.04. The molecule has 0 N–H and O–H groups in total. The van der Waals surface area contributed by atoms with Crippen molar-refractivity contribution in [1.82, 2.24) is 24.5 Å². The maximum absolute atomic E-state index is 13.1. The molecule has 0 spiro atoms. The Balaban J connectivity index is 1.67. The molecule has 3 aromatic rings. The number of benzene rings is 1. The van der Waals surface area contributed by atoms with Crippen molar-refractivity contribution in [3.05, 3.63) is 54.1 Å². The Morgan fingerprint density at radius 3 is 2.69 bits per heavy atom. The van der Waals surface area contributed by atoms with E-state index in [0.29, 0.717) is 24.6 Å². The number of hydrogen-bond acceptors (Lipinski definition) is 6. The van der Waals surface area contributed by atoms with E-state index < -0.39 is 9.84 Å². The van der Waals surface area contributed by atoms with Gasteiger partial charge in [0.15, 0.2) is 9.84 Å². The molecule has 1 aromatic carbocycles. The highest BCUT2D eigenvalue weighted by Crippen LogP contribution is 2.32. The monoisotopic (exact) mass is 413 g/mol. The van der Waals surface area contributed by atoms with Crippen LogP contribution in [0.2, 0.25) is 0 Å². The second kappa shape index (κ2) is 7.55. The van der Waals surface area contributed by atoms with E-state index in [1.165, 1.54) is 23.3 Å². The molecule has 4 rings (SSSR count). The number of piperidine rings is 1. The van der Waals surface area contributed by atoms with Gasteiger partial charge in [0.2, 0.25) is 5.91 Å². The van der Waals surface area contributed by atoms with Crippen LogP contribution in [-0.4, -0.2) is 58.2 Å². The second-order valence-electron chi connectivity index (χ2n) is 7.51. The van der Waals surface area contributed by atoms with Crippen molar-refractivity contribution in [2.75, 3.05) is 19.3 Å². The Morgan fingerprint density at radius 1 is 1.21 bits per heavy atom. The summed E-state index contributed by atoms with van der Waals surface area (Å²) in [6.45, 7) is 3.01. The molecule has 1 saturated heterocycles. The van der Waals surface area contributed by atoms with Crippen molar-refractivity contribution in [2.24, 2.45) is 0 Å². The molecule has 3 heterocycles. The third-order valence-corrected chi connectivity index (χ3v) is 6.61. The van der Waals surface area contributed by atoms with Crippen LogP contribution in [0.3, 0.4) is 0 Å². The summed E-state index contributed by atoms with van der Waals surface area (Å²) in [4.78, 5) is 23.3. The van der Waals surface area contributed by atoms with Crippen molar-refractivity contribution in [3.8, 4) is 0 Å².